The fourth-order valence-corrected chi connectivity index (χ4v) is 0.361. The maximum absolute atomic E-state index is 2.62. The minimum Gasteiger partial charge on any atom is -0.999 e. The summed E-state index contributed by atoms with van der Waals surface area (Å²) in [4.78, 5) is 0. The molecule has 0 amide bonds. The molecule has 0 aliphatic heterocycles. The third-order valence-corrected chi connectivity index (χ3v) is 0.702. The zero-order valence-corrected chi connectivity index (χ0v) is 7.22. The van der Waals surface area contributed by atoms with Crippen LogP contribution in [0.3, 0.4) is 0 Å². The predicted octanol–water partition coefficient (Wildman–Crippen LogP) is 1.21. The Morgan fingerprint density at radius 3 is 0.909 bits per heavy atom. The molecule has 1 heteroatoms. The van der Waals surface area contributed by atoms with Gasteiger partial charge in [-0.05, 0) is 0 Å². The van der Waals surface area contributed by atoms with Crippen molar-refractivity contribution in [2.45, 2.75) is 0 Å². The Bertz CT molecular complexity index is 144. The zero-order valence-electron chi connectivity index (χ0n) is 5.65. The SMILES string of the molecule is [Ti+2].[c-]1[c-][c-][cH-][c-]1.[c-]1[c-][c-][cH-][c-]1. The van der Waals surface area contributed by atoms with Crippen molar-refractivity contribution in [1.29, 1.82) is 0 Å². The van der Waals surface area contributed by atoms with Crippen LogP contribution >= 0.6 is 0 Å². The van der Waals surface area contributed by atoms with Gasteiger partial charge in [-0.1, -0.05) is 0 Å². The van der Waals surface area contributed by atoms with Gasteiger partial charge in [0.05, 0.1) is 0 Å². The minimum absolute atomic E-state index is 0. The molecular formula is C10H2Ti-8. The summed E-state index contributed by atoms with van der Waals surface area (Å²) in [6.07, 6.45) is 0. The van der Waals surface area contributed by atoms with Gasteiger partial charge in [-0.15, -0.1) is 0 Å². The molecule has 11 heavy (non-hydrogen) atoms. The van der Waals surface area contributed by atoms with Crippen LogP contribution in [0.15, 0.2) is 12.1 Å². The van der Waals surface area contributed by atoms with E-state index in [-0.39, 0.29) is 21.7 Å². The first-order valence-corrected chi connectivity index (χ1v) is 2.65. The molecule has 0 unspecified atom stereocenters. The van der Waals surface area contributed by atoms with Crippen molar-refractivity contribution in [3.8, 4) is 0 Å². The summed E-state index contributed by atoms with van der Waals surface area (Å²) in [6, 6.07) is 24.0. The molecule has 0 saturated carbocycles. The van der Waals surface area contributed by atoms with Crippen LogP contribution in [0.25, 0.3) is 0 Å². The summed E-state index contributed by atoms with van der Waals surface area (Å²) in [5, 5.41) is 0. The van der Waals surface area contributed by atoms with E-state index in [1.807, 2.05) is 0 Å². The van der Waals surface area contributed by atoms with Gasteiger partial charge in [-0.3, -0.25) is 0 Å². The van der Waals surface area contributed by atoms with Crippen LogP contribution in [0.4, 0.5) is 0 Å². The topological polar surface area (TPSA) is 0 Å². The van der Waals surface area contributed by atoms with Crippen molar-refractivity contribution in [2.75, 3.05) is 0 Å². The van der Waals surface area contributed by atoms with Gasteiger partial charge in [0.1, 0.15) is 0 Å². The van der Waals surface area contributed by atoms with Crippen LogP contribution in [0, 0.1) is 48.5 Å². The van der Waals surface area contributed by atoms with Gasteiger partial charge in [0, 0.05) is 0 Å². The molecule has 2 aromatic rings. The van der Waals surface area contributed by atoms with E-state index >= 15 is 0 Å². The summed E-state index contributed by atoms with van der Waals surface area (Å²) in [7, 11) is 0. The first-order chi connectivity index (χ1) is 5.00. The van der Waals surface area contributed by atoms with Gasteiger partial charge in [-0.25, -0.2) is 0 Å². The van der Waals surface area contributed by atoms with Gasteiger partial charge < -0.3 is 60.7 Å². The first kappa shape index (κ1) is 10.4. The number of rotatable bonds is 0. The number of hydrogen-bond donors (Lipinski definition) is 0. The summed E-state index contributed by atoms with van der Waals surface area (Å²) >= 11 is 0. The van der Waals surface area contributed by atoms with Crippen LogP contribution in [-0.4, -0.2) is 0 Å². The molecule has 2 aromatic carbocycles. The fourth-order valence-electron chi connectivity index (χ4n) is 0.361. The molecule has 0 heterocycles. The normalized spacial score (nSPS) is 7.27. The molecule has 0 bridgehead atoms. The Labute approximate surface area is 82.5 Å². The summed E-state index contributed by atoms with van der Waals surface area (Å²) < 4.78 is 0. The zero-order chi connectivity index (χ0) is 7.07. The molecule has 0 saturated heterocycles. The van der Waals surface area contributed by atoms with Crippen LogP contribution in [-0.2, 0) is 21.7 Å². The van der Waals surface area contributed by atoms with E-state index in [1.54, 1.807) is 12.1 Å². The Morgan fingerprint density at radius 2 is 0.818 bits per heavy atom. The van der Waals surface area contributed by atoms with Crippen molar-refractivity contribution >= 4 is 0 Å². The molecule has 2 rings (SSSR count). The maximum atomic E-state index is 2.62. The molecule has 0 aliphatic carbocycles. The second-order valence-electron chi connectivity index (χ2n) is 1.37. The predicted molar refractivity (Wildman–Crippen MR) is 34.8 cm³/mol. The Balaban J connectivity index is 0.000000167. The van der Waals surface area contributed by atoms with Gasteiger partial charge in [-0.2, -0.15) is 0 Å². The van der Waals surface area contributed by atoms with Crippen molar-refractivity contribution in [3.63, 3.8) is 0 Å². The smallest absolute Gasteiger partial charge is 0.999 e. The monoisotopic (exact) mass is 170 g/mol. The molecule has 0 fully saturated rings. The second-order valence-corrected chi connectivity index (χ2v) is 1.37. The molecule has 54 valence electrons. The fraction of sp³-hybridized carbons (Fsp3) is 0. The van der Waals surface area contributed by atoms with Crippen molar-refractivity contribution in [3.05, 3.63) is 60.7 Å². The molecule has 0 N–H and O–H groups in total. The Morgan fingerprint density at radius 1 is 0.545 bits per heavy atom. The third kappa shape index (κ3) is 5.84. The van der Waals surface area contributed by atoms with E-state index < -0.39 is 0 Å². The molecule has 0 aliphatic rings. The van der Waals surface area contributed by atoms with Crippen LogP contribution < -0.4 is 0 Å². The number of hydrogen-bond acceptors (Lipinski definition) is 0. The average molecular weight is 170 g/mol. The van der Waals surface area contributed by atoms with E-state index in [1.165, 1.54) is 0 Å². The van der Waals surface area contributed by atoms with Crippen LogP contribution in [0.1, 0.15) is 0 Å². The van der Waals surface area contributed by atoms with Gasteiger partial charge in [0.15, 0.2) is 0 Å². The largest absolute Gasteiger partial charge is 2.00 e. The standard InChI is InChI=1S/2C5H.Ti/c2*1-2-4-5-3-1;/h2*1H;/q2*-5;+2. The van der Waals surface area contributed by atoms with E-state index in [9.17, 15) is 0 Å². The quantitative estimate of drug-likeness (QED) is 0.411. The molecule has 0 spiro atoms. The van der Waals surface area contributed by atoms with Crippen LogP contribution in [0.2, 0.25) is 0 Å². The van der Waals surface area contributed by atoms with E-state index in [0.29, 0.717) is 0 Å². The summed E-state index contributed by atoms with van der Waals surface area (Å²) in [6.45, 7) is 0. The van der Waals surface area contributed by atoms with E-state index in [0.717, 1.165) is 0 Å². The third-order valence-electron chi connectivity index (χ3n) is 0.702. The molecule has 0 nitrogen and oxygen atoms in total. The van der Waals surface area contributed by atoms with Gasteiger partial charge >= 0.3 is 21.7 Å². The molecule has 0 radical (unpaired) electrons. The Kier molecular flexibility index (Phi) is 7.12. The average Bonchev–Trinajstić information content (AvgIpc) is 2.67. The Hall–Kier alpha value is -0.586. The van der Waals surface area contributed by atoms with Gasteiger partial charge in [0.2, 0.25) is 0 Å². The van der Waals surface area contributed by atoms with Crippen molar-refractivity contribution in [1.82, 2.24) is 0 Å². The summed E-state index contributed by atoms with van der Waals surface area (Å²) in [5.41, 5.74) is 0. The molecule has 0 aromatic heterocycles. The first-order valence-electron chi connectivity index (χ1n) is 2.65. The molecular weight excluding hydrogens is 168 g/mol. The second kappa shape index (κ2) is 7.52. The molecule has 0 atom stereocenters. The maximum Gasteiger partial charge on any atom is 2.00 e. The van der Waals surface area contributed by atoms with E-state index in [2.05, 4.69) is 48.5 Å². The summed E-state index contributed by atoms with van der Waals surface area (Å²) in [5.74, 6) is 0. The minimum atomic E-state index is 0. The van der Waals surface area contributed by atoms with Crippen LogP contribution in [0.5, 0.6) is 0 Å². The van der Waals surface area contributed by atoms with Gasteiger partial charge in [0.25, 0.3) is 0 Å². The van der Waals surface area contributed by atoms with E-state index in [4.69, 9.17) is 0 Å². The van der Waals surface area contributed by atoms with Crippen molar-refractivity contribution in [2.24, 2.45) is 0 Å². The van der Waals surface area contributed by atoms with Crippen molar-refractivity contribution < 1.29 is 21.7 Å².